The van der Waals surface area contributed by atoms with E-state index in [-0.39, 0.29) is 11.8 Å². The third-order valence-corrected chi connectivity index (χ3v) is 4.65. The summed E-state index contributed by atoms with van der Waals surface area (Å²) < 4.78 is 0. The highest BCUT2D eigenvalue weighted by molar-refractivity contribution is 6.36. The van der Waals surface area contributed by atoms with Gasteiger partial charge < -0.3 is 10.2 Å². The van der Waals surface area contributed by atoms with Crippen LogP contribution >= 0.6 is 11.6 Å². The molecule has 1 aliphatic rings. The molecular weight excluding hydrogens is 362 g/mol. The number of anilines is 2. The molecule has 0 fully saturated rings. The lowest BCUT2D eigenvalue weighted by Gasteiger charge is -2.15. The van der Waals surface area contributed by atoms with Gasteiger partial charge in [-0.1, -0.05) is 30.7 Å². The Labute approximate surface area is 164 Å². The predicted molar refractivity (Wildman–Crippen MR) is 110 cm³/mol. The van der Waals surface area contributed by atoms with Gasteiger partial charge in [0.15, 0.2) is 0 Å². The minimum absolute atomic E-state index is 0.281. The van der Waals surface area contributed by atoms with Gasteiger partial charge in [-0.3, -0.25) is 14.5 Å². The van der Waals surface area contributed by atoms with Crippen LogP contribution in [0.3, 0.4) is 0 Å². The van der Waals surface area contributed by atoms with Crippen molar-refractivity contribution in [3.63, 3.8) is 0 Å². The van der Waals surface area contributed by atoms with Crippen LogP contribution in [0, 0.1) is 0 Å². The van der Waals surface area contributed by atoms with Crippen LogP contribution in [-0.4, -0.2) is 37.4 Å². The molecule has 0 aliphatic carbocycles. The Hall–Kier alpha value is -2.79. The quantitative estimate of drug-likeness (QED) is 0.766. The van der Waals surface area contributed by atoms with Crippen LogP contribution < -0.4 is 10.2 Å². The number of halogens is 1. The summed E-state index contributed by atoms with van der Waals surface area (Å²) in [5.74, 6) is -0.583. The van der Waals surface area contributed by atoms with E-state index < -0.39 is 0 Å². The minimum Gasteiger partial charge on any atom is -0.378 e. The molecule has 1 aliphatic heterocycles. The molecule has 0 radical (unpaired) electrons. The van der Waals surface area contributed by atoms with Crippen molar-refractivity contribution < 1.29 is 9.59 Å². The van der Waals surface area contributed by atoms with E-state index in [1.54, 1.807) is 24.3 Å². The fraction of sp³-hybridized carbons (Fsp3) is 0.238. The zero-order valence-electron chi connectivity index (χ0n) is 15.6. The first kappa shape index (κ1) is 19.0. The Morgan fingerprint density at radius 2 is 1.59 bits per heavy atom. The van der Waals surface area contributed by atoms with Crippen LogP contribution in [0.15, 0.2) is 54.2 Å². The summed E-state index contributed by atoms with van der Waals surface area (Å²) in [5.41, 5.74) is 3.15. The molecular formula is C21H22ClN3O2. The molecule has 1 heterocycles. The van der Waals surface area contributed by atoms with Crippen molar-refractivity contribution in [3.05, 3.63) is 64.8 Å². The van der Waals surface area contributed by atoms with Crippen molar-refractivity contribution >= 4 is 40.4 Å². The van der Waals surface area contributed by atoms with Gasteiger partial charge in [0.25, 0.3) is 11.8 Å². The van der Waals surface area contributed by atoms with Crippen LogP contribution in [0.1, 0.15) is 18.9 Å². The normalized spacial score (nSPS) is 14.1. The molecule has 0 bridgehead atoms. The topological polar surface area (TPSA) is 52.7 Å². The molecule has 0 aromatic heterocycles. The standard InChI is InChI=1S/C21H22ClN3O2/c1-4-13-25-20(26)18(14-5-7-15(22)8-6-14)19(21(25)27)23-16-9-11-17(12-10-16)24(2)3/h5-12,23H,4,13H2,1-3H3. The SMILES string of the molecule is CCCN1C(=O)C(Nc2ccc(N(C)C)cc2)=C(c2ccc(Cl)cc2)C1=O. The highest BCUT2D eigenvalue weighted by Crippen LogP contribution is 2.31. The summed E-state index contributed by atoms with van der Waals surface area (Å²) in [6.45, 7) is 2.33. The molecule has 2 aromatic rings. The lowest BCUT2D eigenvalue weighted by molar-refractivity contribution is -0.136. The first-order valence-electron chi connectivity index (χ1n) is 8.83. The third kappa shape index (κ3) is 3.83. The van der Waals surface area contributed by atoms with Crippen molar-refractivity contribution in [2.75, 3.05) is 30.9 Å². The number of carbonyl (C=O) groups excluding carboxylic acids is 2. The predicted octanol–water partition coefficient (Wildman–Crippen LogP) is 4.01. The van der Waals surface area contributed by atoms with Gasteiger partial charge in [0.1, 0.15) is 5.70 Å². The van der Waals surface area contributed by atoms with Crippen molar-refractivity contribution in [2.24, 2.45) is 0 Å². The lowest BCUT2D eigenvalue weighted by Crippen LogP contribution is -2.33. The van der Waals surface area contributed by atoms with E-state index >= 15 is 0 Å². The number of benzene rings is 2. The largest absolute Gasteiger partial charge is 0.378 e. The number of hydrogen-bond acceptors (Lipinski definition) is 4. The molecule has 0 saturated heterocycles. The van der Waals surface area contributed by atoms with Crippen LogP contribution in [0.4, 0.5) is 11.4 Å². The van der Waals surface area contributed by atoms with Gasteiger partial charge in [-0.15, -0.1) is 0 Å². The van der Waals surface area contributed by atoms with Gasteiger partial charge in [0.2, 0.25) is 0 Å². The Kier molecular flexibility index (Phi) is 5.51. The highest BCUT2D eigenvalue weighted by atomic mass is 35.5. The smallest absolute Gasteiger partial charge is 0.278 e. The first-order valence-corrected chi connectivity index (χ1v) is 9.21. The maximum Gasteiger partial charge on any atom is 0.278 e. The van der Waals surface area contributed by atoms with Crippen molar-refractivity contribution in [3.8, 4) is 0 Å². The number of nitrogens with zero attached hydrogens (tertiary/aromatic N) is 2. The summed E-state index contributed by atoms with van der Waals surface area (Å²) in [6.07, 6.45) is 0.705. The number of amides is 2. The zero-order valence-corrected chi connectivity index (χ0v) is 16.4. The lowest BCUT2D eigenvalue weighted by atomic mass is 10.0. The van der Waals surface area contributed by atoms with E-state index in [0.717, 1.165) is 11.4 Å². The number of hydrogen-bond donors (Lipinski definition) is 1. The van der Waals surface area contributed by atoms with Crippen molar-refractivity contribution in [1.82, 2.24) is 4.90 Å². The number of imide groups is 1. The summed E-state index contributed by atoms with van der Waals surface area (Å²) in [4.78, 5) is 29.1. The second-order valence-corrected chi connectivity index (χ2v) is 7.02. The summed E-state index contributed by atoms with van der Waals surface area (Å²) >= 11 is 5.97. The summed E-state index contributed by atoms with van der Waals surface area (Å²) in [7, 11) is 3.93. The number of rotatable bonds is 6. The zero-order chi connectivity index (χ0) is 19.6. The first-order chi connectivity index (χ1) is 12.9. The van der Waals surface area contributed by atoms with Crippen LogP contribution in [0.5, 0.6) is 0 Å². The second-order valence-electron chi connectivity index (χ2n) is 6.59. The minimum atomic E-state index is -0.302. The summed E-state index contributed by atoms with van der Waals surface area (Å²) in [5, 5.41) is 3.73. The molecule has 6 heteroatoms. The Morgan fingerprint density at radius 3 is 2.15 bits per heavy atom. The van der Waals surface area contributed by atoms with E-state index in [2.05, 4.69) is 5.32 Å². The van der Waals surface area contributed by atoms with Gasteiger partial charge in [-0.05, 0) is 48.4 Å². The van der Waals surface area contributed by atoms with Crippen LogP contribution in [-0.2, 0) is 9.59 Å². The number of nitrogens with one attached hydrogen (secondary N) is 1. The van der Waals surface area contributed by atoms with Gasteiger partial charge in [-0.2, -0.15) is 0 Å². The third-order valence-electron chi connectivity index (χ3n) is 4.40. The molecule has 3 rings (SSSR count). The fourth-order valence-electron chi connectivity index (χ4n) is 2.99. The molecule has 1 N–H and O–H groups in total. The van der Waals surface area contributed by atoms with Gasteiger partial charge in [0, 0.05) is 37.0 Å². The average Bonchev–Trinajstić information content (AvgIpc) is 2.88. The Balaban J connectivity index is 2.01. The average molecular weight is 384 g/mol. The molecule has 2 amide bonds. The maximum absolute atomic E-state index is 12.9. The van der Waals surface area contributed by atoms with E-state index in [4.69, 9.17) is 11.6 Å². The Bertz CT molecular complexity index is 887. The van der Waals surface area contributed by atoms with Gasteiger partial charge >= 0.3 is 0 Å². The van der Waals surface area contributed by atoms with E-state index in [9.17, 15) is 9.59 Å². The van der Waals surface area contributed by atoms with Crippen molar-refractivity contribution in [1.29, 1.82) is 0 Å². The number of carbonyl (C=O) groups is 2. The highest BCUT2D eigenvalue weighted by Gasteiger charge is 2.38. The molecule has 0 spiro atoms. The summed E-state index contributed by atoms with van der Waals surface area (Å²) in [6, 6.07) is 14.6. The maximum atomic E-state index is 12.9. The molecule has 2 aromatic carbocycles. The van der Waals surface area contributed by atoms with E-state index in [1.165, 1.54) is 4.90 Å². The molecule has 0 atom stereocenters. The van der Waals surface area contributed by atoms with E-state index in [1.807, 2.05) is 50.2 Å². The van der Waals surface area contributed by atoms with Gasteiger partial charge in [0.05, 0.1) is 5.57 Å². The second kappa shape index (κ2) is 7.84. The monoisotopic (exact) mass is 383 g/mol. The van der Waals surface area contributed by atoms with Crippen LogP contribution in [0.25, 0.3) is 5.57 Å². The molecule has 140 valence electrons. The molecule has 5 nitrogen and oxygen atoms in total. The Morgan fingerprint density at radius 1 is 0.963 bits per heavy atom. The fourth-order valence-corrected chi connectivity index (χ4v) is 3.12. The van der Waals surface area contributed by atoms with E-state index in [0.29, 0.717) is 34.8 Å². The van der Waals surface area contributed by atoms with Gasteiger partial charge in [-0.25, -0.2) is 0 Å². The molecule has 27 heavy (non-hydrogen) atoms. The van der Waals surface area contributed by atoms with Crippen LogP contribution in [0.2, 0.25) is 5.02 Å². The molecule has 0 saturated carbocycles. The molecule has 0 unspecified atom stereocenters. The van der Waals surface area contributed by atoms with Crippen molar-refractivity contribution in [2.45, 2.75) is 13.3 Å².